The number of hydrogen-bond acceptors (Lipinski definition) is 1. The van der Waals surface area contributed by atoms with Gasteiger partial charge in [0.2, 0.25) is 0 Å². The smallest absolute Gasteiger partial charge is 0.347 e. The van der Waals surface area contributed by atoms with E-state index in [0.29, 0.717) is 17.6 Å². The van der Waals surface area contributed by atoms with Crippen molar-refractivity contribution in [3.63, 3.8) is 0 Å². The average molecular weight is 421 g/mol. The third-order valence-corrected chi connectivity index (χ3v) is 5.93. The summed E-state index contributed by atoms with van der Waals surface area (Å²) in [6.45, 7) is 9.58. The third-order valence-electron chi connectivity index (χ3n) is 4.95. The van der Waals surface area contributed by atoms with Crippen LogP contribution >= 0.6 is 0 Å². The number of hydrogen-bond donors (Lipinski definition) is 1. The maximum absolute atomic E-state index is 14.6. The van der Waals surface area contributed by atoms with Crippen LogP contribution in [0.1, 0.15) is 64.0 Å². The standard InChI is InChI=1S/C20H28F4N2OS/c1-11(2)9-26-10-16(17(20(22,23)24)6-13(5)28(25)27)15-7-18(21)14(12(3)4)8-19(15)26/h7-8,10-13,17H,6,9,25H2,1-5H3/t13?,17-,28?/m0/s1. The molecule has 0 aliphatic heterocycles. The van der Waals surface area contributed by atoms with Crippen molar-refractivity contribution in [3.05, 3.63) is 35.3 Å². The number of nitrogens with zero attached hydrogens (tertiary/aromatic N) is 1. The number of nitrogens with two attached hydrogens (primary N) is 1. The van der Waals surface area contributed by atoms with Gasteiger partial charge in [0.15, 0.2) is 0 Å². The number of fused-ring (bicyclic) bond motifs is 1. The van der Waals surface area contributed by atoms with Crippen molar-refractivity contribution in [2.45, 2.75) is 70.8 Å². The van der Waals surface area contributed by atoms with Gasteiger partial charge in [-0.15, -0.1) is 0 Å². The van der Waals surface area contributed by atoms with Crippen LogP contribution in [0.4, 0.5) is 17.6 Å². The van der Waals surface area contributed by atoms with Crippen LogP contribution in [-0.4, -0.2) is 20.2 Å². The molecular weight excluding hydrogens is 392 g/mol. The van der Waals surface area contributed by atoms with Crippen LogP contribution in [0.2, 0.25) is 0 Å². The number of benzene rings is 1. The van der Waals surface area contributed by atoms with Gasteiger partial charge in [0.25, 0.3) is 0 Å². The summed E-state index contributed by atoms with van der Waals surface area (Å²) in [6.07, 6.45) is -3.50. The number of alkyl halides is 3. The van der Waals surface area contributed by atoms with E-state index in [2.05, 4.69) is 0 Å². The zero-order valence-corrected chi connectivity index (χ0v) is 17.6. The molecule has 0 aliphatic carbocycles. The molecule has 1 aromatic carbocycles. The summed E-state index contributed by atoms with van der Waals surface area (Å²) in [6, 6.07) is 2.86. The van der Waals surface area contributed by atoms with E-state index in [1.807, 2.05) is 27.7 Å². The lowest BCUT2D eigenvalue weighted by molar-refractivity contribution is -0.151. The summed E-state index contributed by atoms with van der Waals surface area (Å²) >= 11 is 0. The van der Waals surface area contributed by atoms with Crippen molar-refractivity contribution in [2.24, 2.45) is 11.1 Å². The molecule has 1 heterocycles. The molecule has 0 saturated carbocycles. The lowest BCUT2D eigenvalue weighted by atomic mass is 9.92. The van der Waals surface area contributed by atoms with Crippen LogP contribution in [0.25, 0.3) is 10.9 Å². The summed E-state index contributed by atoms with van der Waals surface area (Å²) in [5.74, 6) is -2.26. The summed E-state index contributed by atoms with van der Waals surface area (Å²) in [5.41, 5.74) is 1.07. The van der Waals surface area contributed by atoms with E-state index in [4.69, 9.17) is 5.14 Å². The van der Waals surface area contributed by atoms with Gasteiger partial charge in [0.05, 0.1) is 16.9 Å². The molecule has 0 aliphatic rings. The molecule has 0 radical (unpaired) electrons. The second-order valence-electron chi connectivity index (χ2n) is 8.15. The minimum Gasteiger partial charge on any atom is -0.347 e. The fraction of sp³-hybridized carbons (Fsp3) is 0.600. The highest BCUT2D eigenvalue weighted by molar-refractivity contribution is 7.83. The van der Waals surface area contributed by atoms with Crippen LogP contribution in [0.5, 0.6) is 0 Å². The Labute approximate surface area is 165 Å². The normalized spacial score (nSPS) is 16.1. The monoisotopic (exact) mass is 420 g/mol. The zero-order valence-electron chi connectivity index (χ0n) is 16.8. The van der Waals surface area contributed by atoms with Crippen molar-refractivity contribution in [1.29, 1.82) is 0 Å². The first-order valence-corrected chi connectivity index (χ1v) is 10.6. The van der Waals surface area contributed by atoms with Crippen LogP contribution < -0.4 is 5.14 Å². The van der Waals surface area contributed by atoms with Gasteiger partial charge < -0.3 is 4.57 Å². The second kappa shape index (κ2) is 8.53. The highest BCUT2D eigenvalue weighted by Gasteiger charge is 2.43. The topological polar surface area (TPSA) is 48.0 Å². The Kier molecular flexibility index (Phi) is 6.97. The van der Waals surface area contributed by atoms with Crippen LogP contribution in [-0.2, 0) is 17.5 Å². The van der Waals surface area contributed by atoms with E-state index in [-0.39, 0.29) is 22.8 Å². The molecule has 0 fully saturated rings. The molecule has 0 amide bonds. The van der Waals surface area contributed by atoms with Gasteiger partial charge in [0, 0.05) is 28.9 Å². The Morgan fingerprint density at radius 3 is 2.18 bits per heavy atom. The fourth-order valence-electron chi connectivity index (χ4n) is 3.48. The molecule has 28 heavy (non-hydrogen) atoms. The Balaban J connectivity index is 2.72. The fourth-order valence-corrected chi connectivity index (χ4v) is 3.86. The molecule has 2 aromatic rings. The SMILES string of the molecule is CC(C)Cn1cc([C@H](CC(C)S(N)=O)C(F)(F)F)c2cc(F)c(C(C)C)cc21. The van der Waals surface area contributed by atoms with Gasteiger partial charge in [-0.2, -0.15) is 13.2 Å². The van der Waals surface area contributed by atoms with E-state index < -0.39 is 40.6 Å². The average Bonchev–Trinajstić information content (AvgIpc) is 2.86. The van der Waals surface area contributed by atoms with Crippen molar-refractivity contribution >= 4 is 21.9 Å². The highest BCUT2D eigenvalue weighted by Crippen LogP contribution is 2.43. The number of aromatic nitrogens is 1. The maximum atomic E-state index is 14.6. The van der Waals surface area contributed by atoms with E-state index in [1.54, 1.807) is 10.6 Å². The van der Waals surface area contributed by atoms with Gasteiger partial charge in [-0.05, 0) is 48.4 Å². The molecular formula is C20H28F4N2OS. The molecule has 3 nitrogen and oxygen atoms in total. The van der Waals surface area contributed by atoms with Gasteiger partial charge in [-0.1, -0.05) is 27.7 Å². The predicted molar refractivity (Wildman–Crippen MR) is 106 cm³/mol. The Hall–Kier alpha value is -1.41. The summed E-state index contributed by atoms with van der Waals surface area (Å²) < 4.78 is 69.5. The summed E-state index contributed by atoms with van der Waals surface area (Å²) in [4.78, 5) is 0. The first-order chi connectivity index (χ1) is 12.8. The quantitative estimate of drug-likeness (QED) is 0.582. The molecule has 0 bridgehead atoms. The number of halogens is 4. The second-order valence-corrected chi connectivity index (χ2v) is 9.61. The molecule has 1 aromatic heterocycles. The predicted octanol–water partition coefficient (Wildman–Crippen LogP) is 5.61. The lowest BCUT2D eigenvalue weighted by Gasteiger charge is -2.22. The Morgan fingerprint density at radius 2 is 1.71 bits per heavy atom. The largest absolute Gasteiger partial charge is 0.395 e. The van der Waals surface area contributed by atoms with E-state index >= 15 is 0 Å². The minimum atomic E-state index is -4.56. The van der Waals surface area contributed by atoms with Crippen LogP contribution in [0.3, 0.4) is 0 Å². The molecule has 0 spiro atoms. The molecule has 8 heteroatoms. The van der Waals surface area contributed by atoms with Gasteiger partial charge >= 0.3 is 6.18 Å². The Bertz CT molecular complexity index is 858. The summed E-state index contributed by atoms with van der Waals surface area (Å²) in [5, 5.41) is 4.72. The molecule has 3 atom stereocenters. The van der Waals surface area contributed by atoms with Gasteiger partial charge in [-0.25, -0.2) is 8.60 Å². The van der Waals surface area contributed by atoms with Crippen LogP contribution in [0, 0.1) is 11.7 Å². The van der Waals surface area contributed by atoms with Crippen molar-refractivity contribution in [2.75, 3.05) is 0 Å². The molecule has 2 unspecified atom stereocenters. The molecule has 0 saturated heterocycles. The first-order valence-electron chi connectivity index (χ1n) is 9.36. The van der Waals surface area contributed by atoms with E-state index in [9.17, 15) is 21.8 Å². The van der Waals surface area contributed by atoms with Crippen molar-refractivity contribution in [1.82, 2.24) is 4.57 Å². The zero-order chi connectivity index (χ0) is 21.4. The van der Waals surface area contributed by atoms with Crippen molar-refractivity contribution in [3.8, 4) is 0 Å². The van der Waals surface area contributed by atoms with Crippen molar-refractivity contribution < 1.29 is 21.8 Å². The number of rotatable bonds is 7. The lowest BCUT2D eigenvalue weighted by Crippen LogP contribution is -2.28. The van der Waals surface area contributed by atoms with Crippen LogP contribution in [0.15, 0.2) is 18.3 Å². The Morgan fingerprint density at radius 1 is 1.11 bits per heavy atom. The van der Waals surface area contributed by atoms with E-state index in [1.165, 1.54) is 19.2 Å². The summed E-state index contributed by atoms with van der Waals surface area (Å²) in [7, 11) is -1.87. The minimum absolute atomic E-state index is 0.00894. The maximum Gasteiger partial charge on any atom is 0.395 e. The van der Waals surface area contributed by atoms with E-state index in [0.717, 1.165) is 0 Å². The third kappa shape index (κ3) is 4.95. The highest BCUT2D eigenvalue weighted by atomic mass is 32.2. The first kappa shape index (κ1) is 22.9. The van der Waals surface area contributed by atoms with Gasteiger partial charge in [0.1, 0.15) is 5.82 Å². The molecule has 158 valence electrons. The molecule has 2 rings (SSSR count). The molecule has 2 N–H and O–H groups in total. The van der Waals surface area contributed by atoms with Gasteiger partial charge in [-0.3, -0.25) is 5.14 Å².